The molecule has 0 aromatic carbocycles. The number of hydrogen-bond acceptors (Lipinski definition) is 4. The van der Waals surface area contributed by atoms with Crippen molar-refractivity contribution in [2.75, 3.05) is 19.6 Å². The number of guanidine groups is 1. The van der Waals surface area contributed by atoms with Gasteiger partial charge in [-0.1, -0.05) is 12.8 Å². The maximum Gasteiger partial charge on any atom is 0.321 e. The molecule has 1 heterocycles. The van der Waals surface area contributed by atoms with Gasteiger partial charge in [0.1, 0.15) is 0 Å². The fraction of sp³-hybridized carbons (Fsp3) is 0.667. The molecule has 0 aromatic rings. The number of nitrogens with zero attached hydrogens (tertiary/aromatic N) is 1. The summed E-state index contributed by atoms with van der Waals surface area (Å²) in [6.45, 7) is 3.96. The number of carbonyl (C=O) groups is 1. The van der Waals surface area contributed by atoms with E-state index in [1.807, 2.05) is 13.0 Å². The van der Waals surface area contributed by atoms with E-state index in [0.717, 1.165) is 37.9 Å². The maximum atomic E-state index is 11.5. The first-order valence-corrected chi connectivity index (χ1v) is 6.45. The summed E-state index contributed by atoms with van der Waals surface area (Å²) in [7, 11) is 0. The minimum atomic E-state index is -0.213. The standard InChI is InChI=1S/C12H23N5O/c1-10-6-9-14-11(16-10)17-12(18)15-8-5-3-2-4-7-13/h6H,2-5,7-9,13H2,1H3,(H3,14,15,16,17,18). The van der Waals surface area contributed by atoms with E-state index in [1.165, 1.54) is 0 Å². The Balaban J connectivity index is 2.05. The highest BCUT2D eigenvalue weighted by Gasteiger charge is 2.07. The van der Waals surface area contributed by atoms with Crippen LogP contribution in [0.2, 0.25) is 0 Å². The van der Waals surface area contributed by atoms with Crippen LogP contribution >= 0.6 is 0 Å². The van der Waals surface area contributed by atoms with E-state index in [4.69, 9.17) is 5.73 Å². The molecule has 0 saturated carbocycles. The Morgan fingerprint density at radius 1 is 1.44 bits per heavy atom. The van der Waals surface area contributed by atoms with Crippen molar-refractivity contribution in [3.05, 3.63) is 11.8 Å². The SMILES string of the molecule is CC1=CCN=C(NC(=O)NCCCCCCN)N1. The highest BCUT2D eigenvalue weighted by molar-refractivity contribution is 5.97. The van der Waals surface area contributed by atoms with Gasteiger partial charge in [-0.15, -0.1) is 0 Å². The lowest BCUT2D eigenvalue weighted by molar-refractivity contribution is 0.245. The lowest BCUT2D eigenvalue weighted by Crippen LogP contribution is -2.46. The second-order valence-corrected chi connectivity index (χ2v) is 4.29. The second kappa shape index (κ2) is 8.52. The molecule has 0 atom stereocenters. The molecule has 0 bridgehead atoms. The Morgan fingerprint density at radius 3 is 2.94 bits per heavy atom. The van der Waals surface area contributed by atoms with Crippen molar-refractivity contribution < 1.29 is 4.79 Å². The van der Waals surface area contributed by atoms with E-state index >= 15 is 0 Å². The molecular weight excluding hydrogens is 230 g/mol. The van der Waals surface area contributed by atoms with Crippen molar-refractivity contribution in [1.29, 1.82) is 0 Å². The van der Waals surface area contributed by atoms with Gasteiger partial charge in [-0.05, 0) is 32.4 Å². The highest BCUT2D eigenvalue weighted by atomic mass is 16.2. The average molecular weight is 253 g/mol. The van der Waals surface area contributed by atoms with Gasteiger partial charge in [0.05, 0.1) is 6.54 Å². The topological polar surface area (TPSA) is 91.5 Å². The number of nitrogens with two attached hydrogens (primary N) is 1. The van der Waals surface area contributed by atoms with Crippen LogP contribution in [0, 0.1) is 0 Å². The molecule has 0 spiro atoms. The van der Waals surface area contributed by atoms with Gasteiger partial charge >= 0.3 is 6.03 Å². The highest BCUT2D eigenvalue weighted by Crippen LogP contribution is 1.97. The molecule has 0 unspecified atom stereocenters. The summed E-state index contributed by atoms with van der Waals surface area (Å²) in [5.41, 5.74) is 6.40. The minimum Gasteiger partial charge on any atom is -0.338 e. The van der Waals surface area contributed by atoms with E-state index in [9.17, 15) is 4.79 Å². The number of nitrogens with one attached hydrogen (secondary N) is 3. The number of aliphatic imine (C=N–C) groups is 1. The summed E-state index contributed by atoms with van der Waals surface area (Å²) in [5.74, 6) is 0.510. The second-order valence-electron chi connectivity index (χ2n) is 4.29. The Bertz CT molecular complexity index is 324. The van der Waals surface area contributed by atoms with Crippen LogP contribution in [-0.4, -0.2) is 31.6 Å². The quantitative estimate of drug-likeness (QED) is 0.524. The third-order valence-electron chi connectivity index (χ3n) is 2.61. The van der Waals surface area contributed by atoms with Crippen LogP contribution < -0.4 is 21.7 Å². The lowest BCUT2D eigenvalue weighted by Gasteiger charge is -2.15. The summed E-state index contributed by atoms with van der Waals surface area (Å²) in [5, 5.41) is 8.47. The molecular formula is C12H23N5O. The monoisotopic (exact) mass is 253 g/mol. The fourth-order valence-electron chi connectivity index (χ4n) is 1.60. The van der Waals surface area contributed by atoms with Crippen molar-refractivity contribution >= 4 is 12.0 Å². The van der Waals surface area contributed by atoms with Crippen LogP contribution in [0.4, 0.5) is 4.79 Å². The molecule has 18 heavy (non-hydrogen) atoms. The molecule has 1 aliphatic heterocycles. The summed E-state index contributed by atoms with van der Waals surface area (Å²) in [4.78, 5) is 15.7. The molecule has 102 valence electrons. The van der Waals surface area contributed by atoms with Gasteiger partial charge in [0, 0.05) is 12.2 Å². The van der Waals surface area contributed by atoms with Gasteiger partial charge in [-0.2, -0.15) is 0 Å². The summed E-state index contributed by atoms with van der Waals surface area (Å²) in [6.07, 6.45) is 6.21. The molecule has 2 amide bonds. The summed E-state index contributed by atoms with van der Waals surface area (Å²) < 4.78 is 0. The number of carbonyl (C=O) groups excluding carboxylic acids is 1. The Labute approximate surface area is 108 Å². The molecule has 5 N–H and O–H groups in total. The minimum absolute atomic E-state index is 0.213. The van der Waals surface area contributed by atoms with Gasteiger partial charge in [-0.25, -0.2) is 9.79 Å². The molecule has 0 radical (unpaired) electrons. The Hall–Kier alpha value is -1.56. The predicted molar refractivity (Wildman–Crippen MR) is 73.3 cm³/mol. The van der Waals surface area contributed by atoms with Crippen LogP contribution in [0.15, 0.2) is 16.8 Å². The Kier molecular flexibility index (Phi) is 6.86. The molecule has 1 rings (SSSR count). The van der Waals surface area contributed by atoms with Crippen LogP contribution in [0.3, 0.4) is 0 Å². The van der Waals surface area contributed by atoms with Crippen molar-refractivity contribution in [3.8, 4) is 0 Å². The van der Waals surface area contributed by atoms with Gasteiger partial charge in [0.25, 0.3) is 0 Å². The van der Waals surface area contributed by atoms with E-state index in [-0.39, 0.29) is 6.03 Å². The van der Waals surface area contributed by atoms with Gasteiger partial charge in [-0.3, -0.25) is 5.32 Å². The van der Waals surface area contributed by atoms with E-state index < -0.39 is 0 Å². The summed E-state index contributed by atoms with van der Waals surface area (Å²) in [6, 6.07) is -0.213. The van der Waals surface area contributed by atoms with Crippen molar-refractivity contribution in [2.45, 2.75) is 32.6 Å². The zero-order valence-electron chi connectivity index (χ0n) is 11.0. The molecule has 0 aliphatic carbocycles. The van der Waals surface area contributed by atoms with E-state index in [0.29, 0.717) is 19.0 Å². The molecule has 0 saturated heterocycles. The summed E-state index contributed by atoms with van der Waals surface area (Å²) >= 11 is 0. The smallest absolute Gasteiger partial charge is 0.321 e. The number of urea groups is 1. The van der Waals surface area contributed by atoms with Crippen LogP contribution in [0.5, 0.6) is 0 Å². The molecule has 6 heteroatoms. The number of unbranched alkanes of at least 4 members (excludes halogenated alkanes) is 3. The van der Waals surface area contributed by atoms with Crippen LogP contribution in [0.25, 0.3) is 0 Å². The lowest BCUT2D eigenvalue weighted by atomic mass is 10.2. The van der Waals surface area contributed by atoms with Gasteiger partial charge in [0.15, 0.2) is 0 Å². The largest absolute Gasteiger partial charge is 0.338 e. The first-order valence-electron chi connectivity index (χ1n) is 6.45. The first-order chi connectivity index (χ1) is 8.72. The molecule has 1 aliphatic rings. The number of amides is 2. The Morgan fingerprint density at radius 2 is 2.22 bits per heavy atom. The number of rotatable bonds is 6. The van der Waals surface area contributed by atoms with Crippen LogP contribution in [0.1, 0.15) is 32.6 Å². The third kappa shape index (κ3) is 6.24. The fourth-order valence-corrected chi connectivity index (χ4v) is 1.60. The van der Waals surface area contributed by atoms with E-state index in [2.05, 4.69) is 20.9 Å². The first kappa shape index (κ1) is 14.5. The normalized spacial score (nSPS) is 14.3. The maximum absolute atomic E-state index is 11.5. The van der Waals surface area contributed by atoms with Crippen molar-refractivity contribution in [2.24, 2.45) is 10.7 Å². The molecule has 0 fully saturated rings. The number of allylic oxidation sites excluding steroid dienone is 1. The average Bonchev–Trinajstić information content (AvgIpc) is 2.33. The van der Waals surface area contributed by atoms with Crippen molar-refractivity contribution in [3.63, 3.8) is 0 Å². The zero-order chi connectivity index (χ0) is 13.2. The third-order valence-corrected chi connectivity index (χ3v) is 2.61. The van der Waals surface area contributed by atoms with Gasteiger partial charge < -0.3 is 16.4 Å². The zero-order valence-corrected chi connectivity index (χ0v) is 11.0. The van der Waals surface area contributed by atoms with Crippen LogP contribution in [-0.2, 0) is 0 Å². The molecule has 0 aromatic heterocycles. The van der Waals surface area contributed by atoms with Gasteiger partial charge in [0.2, 0.25) is 5.96 Å². The van der Waals surface area contributed by atoms with Crippen molar-refractivity contribution in [1.82, 2.24) is 16.0 Å². The molecule has 6 nitrogen and oxygen atoms in total. The van der Waals surface area contributed by atoms with E-state index in [1.54, 1.807) is 0 Å². The number of hydrogen-bond donors (Lipinski definition) is 4. The predicted octanol–water partition coefficient (Wildman–Crippen LogP) is 0.668.